The Hall–Kier alpha value is -0.990. The largest absolute Gasteiger partial charge is 0.481 e. The molecule has 0 saturated heterocycles. The van der Waals surface area contributed by atoms with E-state index in [1.807, 2.05) is 0 Å². The van der Waals surface area contributed by atoms with Crippen LogP contribution in [0.4, 0.5) is 0 Å². The standard InChI is InChI=1S/C14H29N2O7P/c1-4-6-12(17)16(20)14(2,3)9-10(13(18)19)11(7-5-8-15)23-24(21)22/h10-11,20,24H,4-9,15H2,1-3H3,(H,18,19)(H,21,22)/t10?,11-/m1/s1. The van der Waals surface area contributed by atoms with E-state index in [1.54, 1.807) is 6.92 Å². The Labute approximate surface area is 142 Å². The number of carboxylic acids is 1. The first-order valence-electron chi connectivity index (χ1n) is 7.91. The van der Waals surface area contributed by atoms with Gasteiger partial charge in [0.15, 0.2) is 0 Å². The van der Waals surface area contributed by atoms with Crippen LogP contribution in [0.5, 0.6) is 0 Å². The van der Waals surface area contributed by atoms with Gasteiger partial charge >= 0.3 is 14.2 Å². The van der Waals surface area contributed by atoms with Crippen LogP contribution in [0.25, 0.3) is 0 Å². The number of aliphatic carboxylic acids is 1. The first-order chi connectivity index (χ1) is 11.1. The van der Waals surface area contributed by atoms with Crippen molar-refractivity contribution in [2.45, 2.75) is 64.5 Å². The fraction of sp³-hybridized carbons (Fsp3) is 0.857. The summed E-state index contributed by atoms with van der Waals surface area (Å²) in [5.74, 6) is -2.91. The Morgan fingerprint density at radius 2 is 1.96 bits per heavy atom. The van der Waals surface area contributed by atoms with Crippen molar-refractivity contribution in [1.82, 2.24) is 5.06 Å². The number of hydrogen-bond acceptors (Lipinski definition) is 6. The van der Waals surface area contributed by atoms with E-state index in [2.05, 4.69) is 0 Å². The number of carbonyl (C=O) groups is 2. The lowest BCUT2D eigenvalue weighted by atomic mass is 9.85. The maximum absolute atomic E-state index is 11.9. The molecule has 3 atom stereocenters. The van der Waals surface area contributed by atoms with E-state index in [-0.39, 0.29) is 25.8 Å². The normalized spacial score (nSPS) is 15.6. The summed E-state index contributed by atoms with van der Waals surface area (Å²) in [4.78, 5) is 32.5. The van der Waals surface area contributed by atoms with Crippen molar-refractivity contribution in [3.8, 4) is 0 Å². The van der Waals surface area contributed by atoms with Crippen molar-refractivity contribution in [2.75, 3.05) is 6.54 Å². The Balaban J connectivity index is 5.29. The quantitative estimate of drug-likeness (QED) is 0.229. The monoisotopic (exact) mass is 368 g/mol. The zero-order chi connectivity index (χ0) is 18.9. The summed E-state index contributed by atoms with van der Waals surface area (Å²) in [6.07, 6.45) is 0.115. The lowest BCUT2D eigenvalue weighted by Crippen LogP contribution is -2.49. The minimum atomic E-state index is -3.34. The average molecular weight is 368 g/mol. The highest BCUT2D eigenvalue weighted by atomic mass is 31.1. The molecule has 9 nitrogen and oxygen atoms in total. The van der Waals surface area contributed by atoms with Gasteiger partial charge in [0.2, 0.25) is 5.91 Å². The zero-order valence-electron chi connectivity index (χ0n) is 14.4. The number of amides is 1. The highest BCUT2D eigenvalue weighted by molar-refractivity contribution is 7.32. The number of carbonyl (C=O) groups excluding carboxylic acids is 1. The van der Waals surface area contributed by atoms with Crippen LogP contribution in [0.3, 0.4) is 0 Å². The van der Waals surface area contributed by atoms with Crippen molar-refractivity contribution >= 4 is 20.1 Å². The number of hydrogen-bond donors (Lipinski definition) is 4. The van der Waals surface area contributed by atoms with E-state index >= 15 is 0 Å². The third-order valence-electron chi connectivity index (χ3n) is 3.70. The molecule has 0 heterocycles. The van der Waals surface area contributed by atoms with Crippen LogP contribution < -0.4 is 5.73 Å². The average Bonchev–Trinajstić information content (AvgIpc) is 2.48. The smallest absolute Gasteiger partial charge is 0.316 e. The Morgan fingerprint density at radius 1 is 1.38 bits per heavy atom. The molecule has 0 aromatic rings. The second kappa shape index (κ2) is 10.8. The van der Waals surface area contributed by atoms with Crippen LogP contribution in [0.15, 0.2) is 0 Å². The van der Waals surface area contributed by atoms with Crippen molar-refractivity contribution in [1.29, 1.82) is 0 Å². The Bertz CT molecular complexity index is 445. The SMILES string of the molecule is CCCC(=O)N(O)C(C)(C)CC(C(=O)O)[C@@H](CCCN)O[PH](=O)O. The van der Waals surface area contributed by atoms with Crippen LogP contribution in [0.1, 0.15) is 52.9 Å². The maximum Gasteiger partial charge on any atom is 0.316 e. The molecule has 5 N–H and O–H groups in total. The molecular weight excluding hydrogens is 339 g/mol. The van der Waals surface area contributed by atoms with Gasteiger partial charge in [-0.05, 0) is 46.1 Å². The van der Waals surface area contributed by atoms with Gasteiger partial charge in [-0.3, -0.25) is 19.4 Å². The fourth-order valence-electron chi connectivity index (χ4n) is 2.45. The fourth-order valence-corrected chi connectivity index (χ4v) is 2.99. The van der Waals surface area contributed by atoms with Gasteiger partial charge in [-0.1, -0.05) is 6.92 Å². The van der Waals surface area contributed by atoms with Gasteiger partial charge < -0.3 is 20.3 Å². The second-order valence-electron chi connectivity index (χ2n) is 6.27. The minimum absolute atomic E-state index is 0.134. The van der Waals surface area contributed by atoms with Gasteiger partial charge in [-0.2, -0.15) is 0 Å². The number of rotatable bonds is 12. The third kappa shape index (κ3) is 7.72. The molecule has 0 aliphatic carbocycles. The number of nitrogens with two attached hydrogens (primary N) is 1. The molecule has 2 unspecified atom stereocenters. The van der Waals surface area contributed by atoms with Crippen molar-refractivity contribution in [3.63, 3.8) is 0 Å². The topological polar surface area (TPSA) is 150 Å². The highest BCUT2D eigenvalue weighted by Gasteiger charge is 2.39. The molecule has 0 aromatic carbocycles. The van der Waals surface area contributed by atoms with Gasteiger partial charge in [-0.15, -0.1) is 0 Å². The number of nitrogens with zero attached hydrogens (tertiary/aromatic N) is 1. The van der Waals surface area contributed by atoms with Crippen molar-refractivity contribution < 1.29 is 33.9 Å². The number of carboxylic acid groups (broad SMARTS) is 1. The molecule has 24 heavy (non-hydrogen) atoms. The highest BCUT2D eigenvalue weighted by Crippen LogP contribution is 2.32. The van der Waals surface area contributed by atoms with Crippen LogP contribution in [-0.4, -0.2) is 50.3 Å². The summed E-state index contributed by atoms with van der Waals surface area (Å²) < 4.78 is 15.9. The van der Waals surface area contributed by atoms with Gasteiger partial charge in [-0.25, -0.2) is 5.06 Å². The first-order valence-corrected chi connectivity index (χ1v) is 9.17. The predicted molar refractivity (Wildman–Crippen MR) is 87.7 cm³/mol. The van der Waals surface area contributed by atoms with Crippen LogP contribution in [0.2, 0.25) is 0 Å². The number of hydroxylamine groups is 2. The van der Waals surface area contributed by atoms with Crippen molar-refractivity contribution in [2.24, 2.45) is 11.7 Å². The van der Waals surface area contributed by atoms with Gasteiger partial charge in [0, 0.05) is 6.42 Å². The van der Waals surface area contributed by atoms with E-state index in [1.165, 1.54) is 13.8 Å². The molecule has 0 saturated carbocycles. The predicted octanol–water partition coefficient (Wildman–Crippen LogP) is 1.38. The summed E-state index contributed by atoms with van der Waals surface area (Å²) in [5.41, 5.74) is 4.23. The van der Waals surface area contributed by atoms with E-state index in [9.17, 15) is 24.5 Å². The minimum Gasteiger partial charge on any atom is -0.481 e. The summed E-state index contributed by atoms with van der Waals surface area (Å²) >= 11 is 0. The molecule has 0 aliphatic rings. The summed E-state index contributed by atoms with van der Waals surface area (Å²) in [5, 5.41) is 20.1. The summed E-state index contributed by atoms with van der Waals surface area (Å²) in [6.45, 7) is 5.12. The lowest BCUT2D eigenvalue weighted by molar-refractivity contribution is -0.194. The Kier molecular flexibility index (Phi) is 10.3. The second-order valence-corrected chi connectivity index (χ2v) is 7.04. The van der Waals surface area contributed by atoms with E-state index in [0.717, 1.165) is 0 Å². The molecule has 142 valence electrons. The zero-order valence-corrected chi connectivity index (χ0v) is 15.4. The van der Waals surface area contributed by atoms with E-state index in [0.29, 0.717) is 17.9 Å². The molecule has 0 aliphatic heterocycles. The van der Waals surface area contributed by atoms with Gasteiger partial charge in [0.1, 0.15) is 0 Å². The van der Waals surface area contributed by atoms with Crippen LogP contribution >= 0.6 is 8.25 Å². The Morgan fingerprint density at radius 3 is 2.38 bits per heavy atom. The van der Waals surface area contributed by atoms with Gasteiger partial charge in [0.25, 0.3) is 0 Å². The molecule has 0 bridgehead atoms. The summed E-state index contributed by atoms with van der Waals surface area (Å²) in [6, 6.07) is 0. The maximum atomic E-state index is 11.9. The molecule has 0 radical (unpaired) electrons. The first kappa shape index (κ1) is 23.0. The van der Waals surface area contributed by atoms with E-state index < -0.39 is 37.7 Å². The van der Waals surface area contributed by atoms with Crippen LogP contribution in [-0.2, 0) is 18.7 Å². The van der Waals surface area contributed by atoms with Gasteiger partial charge in [0.05, 0.1) is 17.6 Å². The van der Waals surface area contributed by atoms with Crippen LogP contribution in [0, 0.1) is 5.92 Å². The molecule has 0 spiro atoms. The lowest BCUT2D eigenvalue weighted by Gasteiger charge is -2.37. The third-order valence-corrected chi connectivity index (χ3v) is 4.21. The molecule has 1 amide bonds. The molecule has 0 aromatic heterocycles. The van der Waals surface area contributed by atoms with E-state index in [4.69, 9.17) is 15.2 Å². The summed E-state index contributed by atoms with van der Waals surface area (Å²) in [7, 11) is -3.34. The molecule has 0 fully saturated rings. The molecule has 0 rings (SSSR count). The molecular formula is C14H29N2O7P. The molecule has 10 heteroatoms. The van der Waals surface area contributed by atoms with Crippen molar-refractivity contribution in [3.05, 3.63) is 0 Å².